The van der Waals surface area contributed by atoms with E-state index in [1.807, 2.05) is 33.8 Å². The van der Waals surface area contributed by atoms with Crippen molar-refractivity contribution in [2.24, 2.45) is 11.3 Å². The van der Waals surface area contributed by atoms with Crippen LogP contribution in [0.25, 0.3) is 22.0 Å². The van der Waals surface area contributed by atoms with E-state index in [9.17, 15) is 13.2 Å². The molecule has 0 radical (unpaired) electrons. The summed E-state index contributed by atoms with van der Waals surface area (Å²) in [6, 6.07) is 11.6. The highest BCUT2D eigenvalue weighted by Gasteiger charge is 2.63. The van der Waals surface area contributed by atoms with E-state index in [-0.39, 0.29) is 40.8 Å². The van der Waals surface area contributed by atoms with Crippen molar-refractivity contribution in [2.75, 3.05) is 28.9 Å². The van der Waals surface area contributed by atoms with Gasteiger partial charge >= 0.3 is 6.09 Å². The molecule has 3 heterocycles. The Kier molecular flexibility index (Phi) is 8.36. The Morgan fingerprint density at radius 3 is 2.63 bits per heavy atom. The zero-order valence-electron chi connectivity index (χ0n) is 28.1. The molecule has 49 heavy (non-hydrogen) atoms. The molecule has 7 rings (SSSR count). The summed E-state index contributed by atoms with van der Waals surface area (Å²) in [4.78, 5) is 28.1. The minimum absolute atomic E-state index is 0.00609. The van der Waals surface area contributed by atoms with Crippen molar-refractivity contribution in [1.82, 2.24) is 19.9 Å². The van der Waals surface area contributed by atoms with Crippen LogP contribution >= 0.6 is 0 Å². The van der Waals surface area contributed by atoms with Gasteiger partial charge in [-0.25, -0.2) is 32.6 Å². The van der Waals surface area contributed by atoms with E-state index in [4.69, 9.17) is 14.5 Å². The fourth-order valence-corrected chi connectivity index (χ4v) is 8.32. The number of hydrogen-bond acceptors (Lipinski definition) is 9. The van der Waals surface area contributed by atoms with Crippen molar-refractivity contribution in [2.45, 2.75) is 71.4 Å². The molecule has 1 spiro atoms. The van der Waals surface area contributed by atoms with E-state index >= 15 is 4.39 Å². The molecule has 258 valence electrons. The molecule has 1 saturated heterocycles. The number of fused-ring (bicyclic) bond motifs is 1. The molecule has 3 aliphatic rings. The average molecular weight is 689 g/mol. The van der Waals surface area contributed by atoms with Crippen LogP contribution in [-0.2, 0) is 14.8 Å². The van der Waals surface area contributed by atoms with Gasteiger partial charge < -0.3 is 19.7 Å². The van der Waals surface area contributed by atoms with Gasteiger partial charge in [-0.1, -0.05) is 12.1 Å². The topological polar surface area (TPSA) is 136 Å². The molecule has 2 saturated carbocycles. The summed E-state index contributed by atoms with van der Waals surface area (Å²) in [5, 5.41) is 4.30. The lowest BCUT2D eigenvalue weighted by molar-refractivity contribution is 0.0206. The maximum absolute atomic E-state index is 15.2. The van der Waals surface area contributed by atoms with Gasteiger partial charge in [0.2, 0.25) is 21.9 Å². The zero-order chi connectivity index (χ0) is 34.6. The second-order valence-electron chi connectivity index (χ2n) is 14.5. The Morgan fingerprint density at radius 2 is 1.88 bits per heavy atom. The SMILES string of the molecule is Cc1ccc2c(NS(=O)(=O)C[C@H]3CC34CC4)c(F)ccc2c1Oc1ncccc1-c1ccnc(N[C@H]2CCCN(C(=O)OC(C)(C)C)C2)n1. The number of aromatic nitrogens is 3. The quantitative estimate of drug-likeness (QED) is 0.186. The highest BCUT2D eigenvalue weighted by molar-refractivity contribution is 7.92. The van der Waals surface area contributed by atoms with Gasteiger partial charge in [-0.3, -0.25) is 4.72 Å². The summed E-state index contributed by atoms with van der Waals surface area (Å²) in [5.74, 6) is 0.568. The number of piperidine rings is 1. The highest BCUT2D eigenvalue weighted by atomic mass is 32.2. The summed E-state index contributed by atoms with van der Waals surface area (Å²) >= 11 is 0. The number of aryl methyl sites for hydroxylation is 1. The van der Waals surface area contributed by atoms with Crippen LogP contribution in [-0.4, -0.2) is 64.8 Å². The second-order valence-corrected chi connectivity index (χ2v) is 16.3. The monoisotopic (exact) mass is 688 g/mol. The van der Waals surface area contributed by atoms with Gasteiger partial charge in [-0.2, -0.15) is 0 Å². The minimum atomic E-state index is -3.76. The lowest BCUT2D eigenvalue weighted by atomic mass is 10.0. The van der Waals surface area contributed by atoms with Crippen LogP contribution in [0.2, 0.25) is 0 Å². The number of hydrogen-bond donors (Lipinski definition) is 2. The third-order valence-electron chi connectivity index (χ3n) is 9.53. The predicted molar refractivity (Wildman–Crippen MR) is 186 cm³/mol. The van der Waals surface area contributed by atoms with Crippen LogP contribution in [0.3, 0.4) is 0 Å². The first kappa shape index (κ1) is 33.0. The number of halogens is 1. The molecule has 2 aliphatic carbocycles. The van der Waals surface area contributed by atoms with Gasteiger partial charge in [-0.05, 0) is 107 Å². The van der Waals surface area contributed by atoms with E-state index in [1.54, 1.807) is 47.6 Å². The molecule has 0 unspecified atom stereocenters. The zero-order valence-corrected chi connectivity index (χ0v) is 28.9. The first-order valence-corrected chi connectivity index (χ1v) is 18.4. The number of pyridine rings is 1. The fraction of sp³-hybridized carbons (Fsp3) is 0.444. The number of carbonyl (C=O) groups is 1. The number of anilines is 2. The molecule has 1 aliphatic heterocycles. The molecular weight excluding hydrogens is 647 g/mol. The number of nitrogens with one attached hydrogen (secondary N) is 2. The predicted octanol–water partition coefficient (Wildman–Crippen LogP) is 7.28. The van der Waals surface area contributed by atoms with Crippen LogP contribution in [0, 0.1) is 24.1 Å². The van der Waals surface area contributed by atoms with Crippen molar-refractivity contribution in [3.05, 3.63) is 66.2 Å². The summed E-state index contributed by atoms with van der Waals surface area (Å²) < 4.78 is 56.0. The molecule has 0 bridgehead atoms. The normalized spacial score (nSPS) is 19.8. The van der Waals surface area contributed by atoms with Gasteiger partial charge in [0.1, 0.15) is 17.2 Å². The van der Waals surface area contributed by atoms with E-state index in [0.29, 0.717) is 46.8 Å². The van der Waals surface area contributed by atoms with Crippen LogP contribution in [0.4, 0.5) is 20.8 Å². The van der Waals surface area contributed by atoms with Crippen LogP contribution < -0.4 is 14.8 Å². The Morgan fingerprint density at radius 1 is 1.08 bits per heavy atom. The van der Waals surface area contributed by atoms with Crippen molar-refractivity contribution < 1.29 is 27.1 Å². The Labute approximate surface area is 285 Å². The summed E-state index contributed by atoms with van der Waals surface area (Å²) in [6.45, 7) is 8.50. The summed E-state index contributed by atoms with van der Waals surface area (Å²) in [6.07, 6.45) is 7.65. The van der Waals surface area contributed by atoms with E-state index in [1.165, 1.54) is 6.07 Å². The van der Waals surface area contributed by atoms with Gasteiger partial charge in [0.15, 0.2) is 0 Å². The fourth-order valence-electron chi connectivity index (χ4n) is 6.71. The average Bonchev–Trinajstić information content (AvgIpc) is 3.97. The molecule has 13 heteroatoms. The standard InChI is InChI=1S/C36H41FN6O5S/c1-22-9-10-25-26(11-12-28(37)30(25)42-49(45,46)21-23-19-36(23)14-15-36)31(22)47-32-27(8-5-16-38-32)29-13-17-39-33(41-29)40-24-7-6-18-43(20-24)34(44)48-35(2,3)4/h5,8-13,16-17,23-24,42H,6-7,14-15,18-21H2,1-4H3,(H,39,40,41)/t23-,24+/m1/s1. The third-order valence-corrected chi connectivity index (χ3v) is 10.9. The number of nitrogens with zero attached hydrogens (tertiary/aromatic N) is 4. The van der Waals surface area contributed by atoms with Crippen molar-refractivity contribution >= 4 is 38.5 Å². The first-order valence-electron chi connectivity index (χ1n) is 16.7. The third kappa shape index (κ3) is 7.26. The number of sulfonamides is 1. The van der Waals surface area contributed by atoms with E-state index < -0.39 is 21.4 Å². The first-order chi connectivity index (χ1) is 23.3. The number of amides is 1. The van der Waals surface area contributed by atoms with Gasteiger partial charge in [0.05, 0.1) is 22.7 Å². The highest BCUT2D eigenvalue weighted by Crippen LogP contribution is 2.70. The van der Waals surface area contributed by atoms with E-state index in [2.05, 4.69) is 20.0 Å². The summed E-state index contributed by atoms with van der Waals surface area (Å²) in [5.41, 5.74) is 1.47. The molecule has 2 aromatic heterocycles. The molecular formula is C36H41FN6O5S. The van der Waals surface area contributed by atoms with Crippen molar-refractivity contribution in [3.8, 4) is 22.9 Å². The maximum Gasteiger partial charge on any atom is 0.410 e. The van der Waals surface area contributed by atoms with Gasteiger partial charge in [0.25, 0.3) is 0 Å². The molecule has 4 aromatic rings. The molecule has 1 amide bonds. The van der Waals surface area contributed by atoms with Gasteiger partial charge in [0, 0.05) is 42.3 Å². The van der Waals surface area contributed by atoms with Crippen LogP contribution in [0.5, 0.6) is 11.6 Å². The van der Waals surface area contributed by atoms with Gasteiger partial charge in [-0.15, -0.1) is 0 Å². The number of benzene rings is 2. The Bertz CT molecular complexity index is 2030. The molecule has 2 atom stereocenters. The molecule has 11 nitrogen and oxygen atoms in total. The smallest absolute Gasteiger partial charge is 0.410 e. The van der Waals surface area contributed by atoms with Crippen LogP contribution in [0.1, 0.15) is 58.4 Å². The van der Waals surface area contributed by atoms with Crippen molar-refractivity contribution in [3.63, 3.8) is 0 Å². The number of likely N-dealkylation sites (tertiary alicyclic amines) is 1. The number of rotatable bonds is 9. The minimum Gasteiger partial charge on any atom is -0.444 e. The second kappa shape index (κ2) is 12.4. The maximum atomic E-state index is 15.2. The van der Waals surface area contributed by atoms with Crippen LogP contribution in [0.15, 0.2) is 54.9 Å². The Balaban J connectivity index is 1.12. The largest absolute Gasteiger partial charge is 0.444 e. The lowest BCUT2D eigenvalue weighted by Gasteiger charge is -2.34. The number of carbonyl (C=O) groups excluding carboxylic acids is 1. The molecule has 3 fully saturated rings. The molecule has 2 aromatic carbocycles. The Hall–Kier alpha value is -4.52. The number of ether oxygens (including phenoxy) is 2. The van der Waals surface area contributed by atoms with Crippen molar-refractivity contribution in [1.29, 1.82) is 0 Å². The summed E-state index contributed by atoms with van der Waals surface area (Å²) in [7, 11) is -3.76. The molecule has 2 N–H and O–H groups in total. The van der Waals surface area contributed by atoms with E-state index in [0.717, 1.165) is 37.7 Å². The lowest BCUT2D eigenvalue weighted by Crippen LogP contribution is -2.47.